The van der Waals surface area contributed by atoms with Gasteiger partial charge in [0.1, 0.15) is 24.1 Å². The molecule has 0 spiro atoms. The normalized spacial score (nSPS) is 12.6. The first-order chi connectivity index (χ1) is 19.5. The number of aryl methyl sites for hydroxylation is 1. The molecule has 0 saturated heterocycles. The Morgan fingerprint density at radius 2 is 1.63 bits per heavy atom. The van der Waals surface area contributed by atoms with Crippen molar-refractivity contribution < 1.29 is 27.5 Å². The molecule has 0 fully saturated rings. The highest BCUT2D eigenvalue weighted by Gasteiger charge is 2.34. The molecule has 1 N–H and O–H groups in total. The number of anilines is 1. The number of amides is 2. The predicted molar refractivity (Wildman–Crippen MR) is 160 cm³/mol. The van der Waals surface area contributed by atoms with Crippen LogP contribution in [0.2, 0.25) is 0 Å². The Hall–Kier alpha value is -4.05. The number of benzene rings is 3. The molecule has 0 aliphatic rings. The molecule has 220 valence electrons. The summed E-state index contributed by atoms with van der Waals surface area (Å²) in [7, 11) is -1.21. The molecule has 41 heavy (non-hydrogen) atoms. The van der Waals surface area contributed by atoms with Gasteiger partial charge in [-0.15, -0.1) is 0 Å². The number of ether oxygens (including phenoxy) is 2. The lowest BCUT2D eigenvalue weighted by Crippen LogP contribution is -2.52. The van der Waals surface area contributed by atoms with Gasteiger partial charge in [-0.25, -0.2) is 8.42 Å². The highest BCUT2D eigenvalue weighted by molar-refractivity contribution is 7.92. The smallest absolute Gasteiger partial charge is 0.264 e. The van der Waals surface area contributed by atoms with Crippen LogP contribution in [0.3, 0.4) is 0 Å². The Kier molecular flexibility index (Phi) is 10.8. The van der Waals surface area contributed by atoms with Crippen LogP contribution in [0.25, 0.3) is 0 Å². The first-order valence-electron chi connectivity index (χ1n) is 13.5. The molecule has 0 radical (unpaired) electrons. The van der Waals surface area contributed by atoms with Gasteiger partial charge < -0.3 is 19.7 Å². The molecule has 0 aliphatic carbocycles. The molecule has 3 rings (SSSR count). The molecule has 10 heteroatoms. The van der Waals surface area contributed by atoms with Gasteiger partial charge in [0.15, 0.2) is 0 Å². The number of nitrogens with zero attached hydrogens (tertiary/aromatic N) is 2. The lowest BCUT2D eigenvalue weighted by Gasteiger charge is -2.33. The third kappa shape index (κ3) is 7.79. The number of hydrogen-bond donors (Lipinski definition) is 1. The van der Waals surface area contributed by atoms with Crippen LogP contribution in [0.5, 0.6) is 11.5 Å². The Bertz CT molecular complexity index is 1450. The number of hydrogen-bond acceptors (Lipinski definition) is 6. The number of rotatable bonds is 13. The maximum absolute atomic E-state index is 14.1. The van der Waals surface area contributed by atoms with Crippen LogP contribution in [0.15, 0.2) is 77.7 Å². The van der Waals surface area contributed by atoms with E-state index < -0.39 is 28.5 Å². The Balaban J connectivity index is 2.09. The van der Waals surface area contributed by atoms with Crippen molar-refractivity contribution in [2.24, 2.45) is 0 Å². The fraction of sp³-hybridized carbons (Fsp3) is 0.355. The summed E-state index contributed by atoms with van der Waals surface area (Å²) in [6.45, 7) is 6.82. The van der Waals surface area contributed by atoms with E-state index in [0.29, 0.717) is 11.5 Å². The molecule has 0 heterocycles. The van der Waals surface area contributed by atoms with Crippen LogP contribution < -0.4 is 19.1 Å². The molecule has 2 amide bonds. The van der Waals surface area contributed by atoms with Crippen molar-refractivity contribution in [1.29, 1.82) is 0 Å². The van der Waals surface area contributed by atoms with Crippen molar-refractivity contribution in [2.45, 2.75) is 57.6 Å². The fourth-order valence-corrected chi connectivity index (χ4v) is 5.68. The predicted octanol–water partition coefficient (Wildman–Crippen LogP) is 4.54. The standard InChI is InChI=1S/C31H39N3O6S/c1-7-23(3)32-31(36)24(4)33(20-25-12-11-13-26(19-25)39-5)30(35)21-34(28-18-22(2)16-17-29(28)40-6)41(37,38)27-14-9-8-10-15-27/h8-19,23-24H,7,20-21H2,1-6H3,(H,32,36). The molecule has 2 atom stereocenters. The minimum Gasteiger partial charge on any atom is -0.497 e. The monoisotopic (exact) mass is 581 g/mol. The molecular weight excluding hydrogens is 542 g/mol. The summed E-state index contributed by atoms with van der Waals surface area (Å²) in [6, 6.07) is 19.3. The summed E-state index contributed by atoms with van der Waals surface area (Å²) in [5.74, 6) is 0.0121. The minimum atomic E-state index is -4.20. The SMILES string of the molecule is CCC(C)NC(=O)C(C)N(Cc1cccc(OC)c1)C(=O)CN(c1cc(C)ccc1OC)S(=O)(=O)c1ccccc1. The Labute approximate surface area is 243 Å². The van der Waals surface area contributed by atoms with Crippen molar-refractivity contribution in [3.63, 3.8) is 0 Å². The second kappa shape index (κ2) is 14.0. The zero-order valence-electron chi connectivity index (χ0n) is 24.5. The van der Waals surface area contributed by atoms with Crippen LogP contribution in [-0.4, -0.2) is 58.0 Å². The number of sulfonamides is 1. The van der Waals surface area contributed by atoms with E-state index in [4.69, 9.17) is 9.47 Å². The number of carbonyl (C=O) groups excluding carboxylic acids is 2. The molecule has 2 unspecified atom stereocenters. The Morgan fingerprint density at radius 3 is 2.27 bits per heavy atom. The van der Waals surface area contributed by atoms with E-state index in [1.54, 1.807) is 68.6 Å². The highest BCUT2D eigenvalue weighted by Crippen LogP contribution is 2.33. The van der Waals surface area contributed by atoms with E-state index in [1.165, 1.54) is 24.1 Å². The fourth-order valence-electron chi connectivity index (χ4n) is 4.24. The van der Waals surface area contributed by atoms with Gasteiger partial charge in [-0.3, -0.25) is 13.9 Å². The second-order valence-corrected chi connectivity index (χ2v) is 11.7. The summed E-state index contributed by atoms with van der Waals surface area (Å²) in [5, 5.41) is 2.93. The third-order valence-corrected chi connectivity index (χ3v) is 8.64. The van der Waals surface area contributed by atoms with E-state index in [9.17, 15) is 18.0 Å². The van der Waals surface area contributed by atoms with Gasteiger partial charge in [-0.1, -0.05) is 43.3 Å². The summed E-state index contributed by atoms with van der Waals surface area (Å²) in [4.78, 5) is 28.7. The van der Waals surface area contributed by atoms with Crippen LogP contribution >= 0.6 is 0 Å². The third-order valence-electron chi connectivity index (χ3n) is 6.87. The average molecular weight is 582 g/mol. The highest BCUT2D eigenvalue weighted by atomic mass is 32.2. The molecule has 0 saturated carbocycles. The quantitative estimate of drug-likeness (QED) is 0.318. The van der Waals surface area contributed by atoms with Crippen LogP contribution in [-0.2, 0) is 26.2 Å². The van der Waals surface area contributed by atoms with Gasteiger partial charge in [-0.05, 0) is 74.7 Å². The lowest BCUT2D eigenvalue weighted by molar-refractivity contribution is -0.139. The van der Waals surface area contributed by atoms with Crippen molar-refractivity contribution in [3.8, 4) is 11.5 Å². The second-order valence-electron chi connectivity index (χ2n) is 9.87. The van der Waals surface area contributed by atoms with E-state index >= 15 is 0 Å². The van der Waals surface area contributed by atoms with Gasteiger partial charge in [0.05, 0.1) is 24.8 Å². The van der Waals surface area contributed by atoms with Gasteiger partial charge >= 0.3 is 0 Å². The first-order valence-corrected chi connectivity index (χ1v) is 14.9. The molecule has 3 aromatic carbocycles. The van der Waals surface area contributed by atoms with Crippen molar-refractivity contribution >= 4 is 27.5 Å². The summed E-state index contributed by atoms with van der Waals surface area (Å²) >= 11 is 0. The molecular formula is C31H39N3O6S. The van der Waals surface area contributed by atoms with Gasteiger partial charge in [-0.2, -0.15) is 0 Å². The average Bonchev–Trinajstić information content (AvgIpc) is 2.98. The van der Waals surface area contributed by atoms with Gasteiger partial charge in [0.2, 0.25) is 11.8 Å². The molecule has 3 aromatic rings. The maximum Gasteiger partial charge on any atom is 0.264 e. The van der Waals surface area contributed by atoms with E-state index in [2.05, 4.69) is 5.32 Å². The van der Waals surface area contributed by atoms with Gasteiger partial charge in [0, 0.05) is 12.6 Å². The zero-order chi connectivity index (χ0) is 30.2. The summed E-state index contributed by atoms with van der Waals surface area (Å²) in [6.07, 6.45) is 0.721. The maximum atomic E-state index is 14.1. The van der Waals surface area contributed by atoms with Gasteiger partial charge in [0.25, 0.3) is 10.0 Å². The molecule has 9 nitrogen and oxygen atoms in total. The first kappa shape index (κ1) is 31.5. The van der Waals surface area contributed by atoms with E-state index in [1.807, 2.05) is 26.8 Å². The summed E-state index contributed by atoms with van der Waals surface area (Å²) in [5.41, 5.74) is 1.74. The number of methoxy groups -OCH3 is 2. The molecule has 0 aliphatic heterocycles. The Morgan fingerprint density at radius 1 is 0.927 bits per heavy atom. The lowest BCUT2D eigenvalue weighted by atomic mass is 10.1. The zero-order valence-corrected chi connectivity index (χ0v) is 25.3. The van der Waals surface area contributed by atoms with Crippen LogP contribution in [0.1, 0.15) is 38.3 Å². The number of nitrogens with one attached hydrogen (secondary N) is 1. The van der Waals surface area contributed by atoms with Crippen LogP contribution in [0.4, 0.5) is 5.69 Å². The van der Waals surface area contributed by atoms with Crippen molar-refractivity contribution in [3.05, 3.63) is 83.9 Å². The minimum absolute atomic E-state index is 0.0262. The van der Waals surface area contributed by atoms with Crippen molar-refractivity contribution in [1.82, 2.24) is 10.2 Å². The molecule has 0 bridgehead atoms. The van der Waals surface area contributed by atoms with Crippen molar-refractivity contribution in [2.75, 3.05) is 25.1 Å². The van der Waals surface area contributed by atoms with E-state index in [0.717, 1.165) is 21.9 Å². The number of carbonyl (C=O) groups is 2. The van der Waals surface area contributed by atoms with E-state index in [-0.39, 0.29) is 29.1 Å². The largest absolute Gasteiger partial charge is 0.497 e. The topological polar surface area (TPSA) is 105 Å². The summed E-state index contributed by atoms with van der Waals surface area (Å²) < 4.78 is 39.9. The molecule has 0 aromatic heterocycles. The van der Waals surface area contributed by atoms with Crippen LogP contribution in [0, 0.1) is 6.92 Å².